The molecule has 0 atom stereocenters. The van der Waals surface area contributed by atoms with Gasteiger partial charge in [-0.3, -0.25) is 19.1 Å². The SMILES string of the molecule is CCCCn1c(N)c(N(C)C(=O)c2cccc(N(C)C)c2)c(=O)[nH]c1=O. The Bertz CT molecular complexity index is 914. The number of rotatable bonds is 6. The normalized spacial score (nSPS) is 10.6. The molecule has 0 spiro atoms. The smallest absolute Gasteiger partial charge is 0.330 e. The molecular formula is C18H25N5O3. The maximum absolute atomic E-state index is 12.8. The second-order valence-electron chi connectivity index (χ2n) is 6.31. The summed E-state index contributed by atoms with van der Waals surface area (Å²) in [6, 6.07) is 7.05. The standard InChI is InChI=1S/C18H25N5O3/c1-5-6-10-23-15(19)14(16(24)20-18(23)26)22(4)17(25)12-8-7-9-13(11-12)21(2)3/h7-9,11H,5-6,10,19H2,1-4H3,(H,20,24,26). The number of H-pyrrole nitrogens is 1. The Morgan fingerprint density at radius 2 is 1.92 bits per heavy atom. The number of hydrogen-bond donors (Lipinski definition) is 2. The van der Waals surface area contributed by atoms with Crippen LogP contribution in [0.4, 0.5) is 17.2 Å². The van der Waals surface area contributed by atoms with Gasteiger partial charge in [0.1, 0.15) is 5.82 Å². The van der Waals surface area contributed by atoms with E-state index >= 15 is 0 Å². The number of amides is 1. The Hall–Kier alpha value is -3.03. The number of nitrogens with zero attached hydrogens (tertiary/aromatic N) is 3. The molecule has 0 radical (unpaired) electrons. The van der Waals surface area contributed by atoms with Crippen LogP contribution in [-0.2, 0) is 6.54 Å². The largest absolute Gasteiger partial charge is 0.383 e. The van der Waals surface area contributed by atoms with E-state index in [1.54, 1.807) is 18.2 Å². The third-order valence-electron chi connectivity index (χ3n) is 4.20. The predicted octanol–water partition coefficient (Wildman–Crippen LogP) is 1.26. The van der Waals surface area contributed by atoms with Crippen LogP contribution in [0.3, 0.4) is 0 Å². The van der Waals surface area contributed by atoms with Crippen LogP contribution in [0.1, 0.15) is 30.1 Å². The molecular weight excluding hydrogens is 334 g/mol. The van der Waals surface area contributed by atoms with Crippen LogP contribution in [-0.4, -0.2) is 36.6 Å². The van der Waals surface area contributed by atoms with Crippen molar-refractivity contribution in [2.24, 2.45) is 0 Å². The van der Waals surface area contributed by atoms with Gasteiger partial charge in [0.15, 0.2) is 5.69 Å². The molecule has 26 heavy (non-hydrogen) atoms. The third kappa shape index (κ3) is 3.79. The molecule has 3 N–H and O–H groups in total. The van der Waals surface area contributed by atoms with Gasteiger partial charge in [0.05, 0.1) is 0 Å². The number of unbranched alkanes of at least 4 members (excludes halogenated alkanes) is 1. The summed E-state index contributed by atoms with van der Waals surface area (Å²) in [5.74, 6) is -0.390. The Labute approximate surface area is 151 Å². The summed E-state index contributed by atoms with van der Waals surface area (Å²) >= 11 is 0. The molecule has 0 aliphatic carbocycles. The summed E-state index contributed by atoms with van der Waals surface area (Å²) in [6.45, 7) is 2.37. The number of anilines is 3. The Balaban J connectivity index is 2.47. The van der Waals surface area contributed by atoms with Crippen molar-refractivity contribution in [1.29, 1.82) is 0 Å². The van der Waals surface area contributed by atoms with Gasteiger partial charge < -0.3 is 15.5 Å². The van der Waals surface area contributed by atoms with Gasteiger partial charge in [-0.25, -0.2) is 4.79 Å². The van der Waals surface area contributed by atoms with E-state index in [1.165, 1.54) is 16.5 Å². The maximum atomic E-state index is 12.8. The van der Waals surface area contributed by atoms with Gasteiger partial charge in [0, 0.05) is 38.9 Å². The first-order valence-corrected chi connectivity index (χ1v) is 8.46. The quantitative estimate of drug-likeness (QED) is 0.808. The maximum Gasteiger partial charge on any atom is 0.330 e. The third-order valence-corrected chi connectivity index (χ3v) is 4.20. The lowest BCUT2D eigenvalue weighted by Gasteiger charge is -2.21. The van der Waals surface area contributed by atoms with E-state index in [0.717, 1.165) is 18.5 Å². The highest BCUT2D eigenvalue weighted by molar-refractivity contribution is 6.07. The van der Waals surface area contributed by atoms with E-state index < -0.39 is 11.2 Å². The van der Waals surface area contributed by atoms with Gasteiger partial charge in [0.25, 0.3) is 11.5 Å². The minimum absolute atomic E-state index is 0.00758. The fraction of sp³-hybridized carbons (Fsp3) is 0.389. The lowest BCUT2D eigenvalue weighted by molar-refractivity contribution is 0.0992. The zero-order chi connectivity index (χ0) is 19.4. The Morgan fingerprint density at radius 3 is 2.54 bits per heavy atom. The van der Waals surface area contributed by atoms with Crippen molar-refractivity contribution in [2.75, 3.05) is 36.7 Å². The lowest BCUT2D eigenvalue weighted by atomic mass is 10.1. The van der Waals surface area contributed by atoms with Crippen molar-refractivity contribution >= 4 is 23.1 Å². The summed E-state index contributed by atoms with van der Waals surface area (Å²) in [4.78, 5) is 42.5. The predicted molar refractivity (Wildman–Crippen MR) is 104 cm³/mol. The zero-order valence-corrected chi connectivity index (χ0v) is 15.6. The molecule has 8 nitrogen and oxygen atoms in total. The van der Waals surface area contributed by atoms with Gasteiger partial charge in [-0.15, -0.1) is 0 Å². The molecule has 0 bridgehead atoms. The minimum atomic E-state index is -0.681. The van der Waals surface area contributed by atoms with Crippen molar-refractivity contribution in [2.45, 2.75) is 26.3 Å². The highest BCUT2D eigenvalue weighted by atomic mass is 16.2. The molecule has 0 fully saturated rings. The Morgan fingerprint density at radius 1 is 1.23 bits per heavy atom. The van der Waals surface area contributed by atoms with Crippen molar-refractivity contribution in [1.82, 2.24) is 9.55 Å². The molecule has 2 aromatic rings. The summed E-state index contributed by atoms with van der Waals surface area (Å²) in [6.07, 6.45) is 1.60. The number of carbonyl (C=O) groups is 1. The van der Waals surface area contributed by atoms with Crippen molar-refractivity contribution < 1.29 is 4.79 Å². The van der Waals surface area contributed by atoms with E-state index in [1.807, 2.05) is 32.0 Å². The van der Waals surface area contributed by atoms with E-state index in [0.29, 0.717) is 12.1 Å². The van der Waals surface area contributed by atoms with Crippen LogP contribution in [0.15, 0.2) is 33.9 Å². The molecule has 0 unspecified atom stereocenters. The minimum Gasteiger partial charge on any atom is -0.383 e. The monoisotopic (exact) mass is 359 g/mol. The highest BCUT2D eigenvalue weighted by Gasteiger charge is 2.22. The van der Waals surface area contributed by atoms with Crippen LogP contribution in [0, 0.1) is 0 Å². The number of nitrogen functional groups attached to an aromatic ring is 1. The van der Waals surface area contributed by atoms with Gasteiger partial charge in [-0.05, 0) is 24.6 Å². The number of aromatic nitrogens is 2. The molecule has 1 amide bonds. The van der Waals surface area contributed by atoms with E-state index in [2.05, 4.69) is 4.98 Å². The number of aromatic amines is 1. The first-order chi connectivity index (χ1) is 12.3. The lowest BCUT2D eigenvalue weighted by Crippen LogP contribution is -2.39. The molecule has 1 heterocycles. The first-order valence-electron chi connectivity index (χ1n) is 8.46. The van der Waals surface area contributed by atoms with Gasteiger partial charge in [0.2, 0.25) is 0 Å². The van der Waals surface area contributed by atoms with E-state index in [4.69, 9.17) is 5.73 Å². The fourth-order valence-corrected chi connectivity index (χ4v) is 2.65. The van der Waals surface area contributed by atoms with Crippen LogP contribution < -0.4 is 26.8 Å². The number of carbonyl (C=O) groups excluding carboxylic acids is 1. The van der Waals surface area contributed by atoms with Crippen molar-refractivity contribution in [3.05, 3.63) is 50.7 Å². The first kappa shape index (κ1) is 19.3. The highest BCUT2D eigenvalue weighted by Crippen LogP contribution is 2.20. The average molecular weight is 359 g/mol. The average Bonchev–Trinajstić information content (AvgIpc) is 2.60. The van der Waals surface area contributed by atoms with Crippen LogP contribution in [0.2, 0.25) is 0 Å². The summed E-state index contributed by atoms with van der Waals surface area (Å²) < 4.78 is 1.29. The molecule has 0 saturated heterocycles. The molecule has 8 heteroatoms. The molecule has 1 aromatic carbocycles. The number of hydrogen-bond acceptors (Lipinski definition) is 5. The second-order valence-corrected chi connectivity index (χ2v) is 6.31. The van der Waals surface area contributed by atoms with Crippen LogP contribution in [0.25, 0.3) is 0 Å². The molecule has 140 valence electrons. The molecule has 1 aromatic heterocycles. The summed E-state index contributed by atoms with van der Waals surface area (Å²) in [5.41, 5.74) is 6.07. The van der Waals surface area contributed by atoms with Crippen LogP contribution in [0.5, 0.6) is 0 Å². The zero-order valence-electron chi connectivity index (χ0n) is 15.6. The van der Waals surface area contributed by atoms with Gasteiger partial charge in [-0.1, -0.05) is 19.4 Å². The number of nitrogens with one attached hydrogen (secondary N) is 1. The van der Waals surface area contributed by atoms with Crippen molar-refractivity contribution in [3.8, 4) is 0 Å². The van der Waals surface area contributed by atoms with E-state index in [-0.39, 0.29) is 17.4 Å². The Kier molecular flexibility index (Phi) is 5.86. The second kappa shape index (κ2) is 7.90. The topological polar surface area (TPSA) is 104 Å². The summed E-state index contributed by atoms with van der Waals surface area (Å²) in [5, 5.41) is 0. The van der Waals surface area contributed by atoms with Gasteiger partial charge in [-0.2, -0.15) is 0 Å². The van der Waals surface area contributed by atoms with Crippen LogP contribution >= 0.6 is 0 Å². The molecule has 0 aliphatic heterocycles. The summed E-state index contributed by atoms with van der Waals surface area (Å²) in [7, 11) is 5.22. The molecule has 0 aliphatic rings. The number of benzene rings is 1. The fourth-order valence-electron chi connectivity index (χ4n) is 2.65. The molecule has 0 saturated carbocycles. The van der Waals surface area contributed by atoms with E-state index in [9.17, 15) is 14.4 Å². The molecule has 2 rings (SSSR count). The number of nitrogens with two attached hydrogens (primary N) is 1. The van der Waals surface area contributed by atoms with Gasteiger partial charge >= 0.3 is 5.69 Å². The van der Waals surface area contributed by atoms with Crippen molar-refractivity contribution in [3.63, 3.8) is 0 Å².